The second-order valence-corrected chi connectivity index (χ2v) is 6.65. The molecule has 152 valence electrons. The number of anilines is 1. The Kier molecular flexibility index (Phi) is 5.69. The van der Waals surface area contributed by atoms with Crippen LogP contribution in [0.25, 0.3) is 22.4 Å². The van der Waals surface area contributed by atoms with Gasteiger partial charge in [-0.05, 0) is 36.4 Å². The number of amides is 1. The summed E-state index contributed by atoms with van der Waals surface area (Å²) in [6.07, 6.45) is 2.41. The van der Waals surface area contributed by atoms with Gasteiger partial charge in [0, 0.05) is 29.7 Å². The molecule has 0 radical (unpaired) electrons. The third-order valence-corrected chi connectivity index (χ3v) is 4.46. The Bertz CT molecular complexity index is 1160. The van der Waals surface area contributed by atoms with E-state index >= 15 is 0 Å². The van der Waals surface area contributed by atoms with Crippen molar-refractivity contribution < 1.29 is 19.7 Å². The Morgan fingerprint density at radius 3 is 2.73 bits per heavy atom. The summed E-state index contributed by atoms with van der Waals surface area (Å²) >= 11 is 0. The molecular weight excluding hydrogens is 384 g/mol. The van der Waals surface area contributed by atoms with Crippen molar-refractivity contribution in [3.63, 3.8) is 0 Å². The van der Waals surface area contributed by atoms with Gasteiger partial charge in [-0.1, -0.05) is 12.1 Å². The Morgan fingerprint density at radius 1 is 1.13 bits per heavy atom. The van der Waals surface area contributed by atoms with Crippen LogP contribution in [0.2, 0.25) is 0 Å². The third-order valence-electron chi connectivity index (χ3n) is 4.46. The number of hydrogen-bond acceptors (Lipinski definition) is 6. The van der Waals surface area contributed by atoms with Crippen LogP contribution in [-0.2, 0) is 0 Å². The zero-order valence-electron chi connectivity index (χ0n) is 15.9. The van der Waals surface area contributed by atoms with Gasteiger partial charge >= 0.3 is 0 Å². The molecule has 8 heteroatoms. The van der Waals surface area contributed by atoms with E-state index in [0.29, 0.717) is 28.3 Å². The maximum absolute atomic E-state index is 12.9. The van der Waals surface area contributed by atoms with Gasteiger partial charge in [-0.15, -0.1) is 0 Å². The highest BCUT2D eigenvalue weighted by atomic mass is 16.5. The van der Waals surface area contributed by atoms with Crippen molar-refractivity contribution in [2.75, 3.05) is 18.5 Å². The zero-order valence-corrected chi connectivity index (χ0v) is 15.9. The minimum atomic E-state index is -0.963. The zero-order chi connectivity index (χ0) is 20.9. The van der Waals surface area contributed by atoms with E-state index in [4.69, 9.17) is 9.84 Å². The van der Waals surface area contributed by atoms with Crippen LogP contribution in [0.15, 0.2) is 67.0 Å². The first-order valence-electron chi connectivity index (χ1n) is 9.36. The number of fused-ring (bicyclic) bond motifs is 1. The molecule has 1 unspecified atom stereocenters. The van der Waals surface area contributed by atoms with Crippen LogP contribution >= 0.6 is 0 Å². The van der Waals surface area contributed by atoms with Crippen molar-refractivity contribution in [1.29, 1.82) is 0 Å². The molecule has 0 bridgehead atoms. The van der Waals surface area contributed by atoms with Crippen LogP contribution < -0.4 is 10.1 Å². The van der Waals surface area contributed by atoms with Crippen LogP contribution in [0, 0.1) is 0 Å². The number of carbonyl (C=O) groups is 1. The molecule has 0 saturated heterocycles. The van der Waals surface area contributed by atoms with Gasteiger partial charge in [0.25, 0.3) is 5.91 Å². The second kappa shape index (κ2) is 8.73. The number of benzene rings is 2. The van der Waals surface area contributed by atoms with Crippen molar-refractivity contribution in [3.8, 4) is 17.1 Å². The maximum atomic E-state index is 12.9. The smallest absolute Gasteiger partial charge is 0.257 e. The van der Waals surface area contributed by atoms with E-state index in [1.54, 1.807) is 48.8 Å². The number of nitrogens with one attached hydrogen (secondary N) is 2. The number of aliphatic hydroxyl groups excluding tert-OH is 2. The fourth-order valence-electron chi connectivity index (χ4n) is 2.97. The summed E-state index contributed by atoms with van der Waals surface area (Å²) in [5.41, 5.74) is 3.18. The van der Waals surface area contributed by atoms with Crippen molar-refractivity contribution in [2.45, 2.75) is 6.10 Å². The van der Waals surface area contributed by atoms with Gasteiger partial charge in [0.15, 0.2) is 0 Å². The fourth-order valence-corrected chi connectivity index (χ4v) is 2.97. The SMILES string of the molecule is O=C(Nc1cccc(OCC(O)CO)c1)c1cccc2[nH]c(-c3ccncc3)nc12. The molecule has 0 aliphatic carbocycles. The molecule has 4 rings (SSSR count). The summed E-state index contributed by atoms with van der Waals surface area (Å²) in [4.78, 5) is 24.7. The normalized spacial score (nSPS) is 11.9. The molecule has 4 N–H and O–H groups in total. The third kappa shape index (κ3) is 4.29. The molecule has 2 aromatic carbocycles. The summed E-state index contributed by atoms with van der Waals surface area (Å²) in [6, 6.07) is 15.9. The first-order chi connectivity index (χ1) is 14.6. The molecule has 0 aliphatic heterocycles. The molecular formula is C22H20N4O4. The van der Waals surface area contributed by atoms with E-state index in [0.717, 1.165) is 11.1 Å². The molecule has 2 heterocycles. The molecule has 1 amide bonds. The maximum Gasteiger partial charge on any atom is 0.257 e. The summed E-state index contributed by atoms with van der Waals surface area (Å²) < 4.78 is 5.43. The lowest BCUT2D eigenvalue weighted by Crippen LogP contribution is -2.21. The Labute approximate surface area is 172 Å². The standard InChI is InChI=1S/C22H20N4O4/c27-12-16(28)13-30-17-4-1-3-15(11-17)24-22(29)18-5-2-6-19-20(18)26-21(25-19)14-7-9-23-10-8-14/h1-11,16,27-28H,12-13H2,(H,24,29)(H,25,26). The van der Waals surface area contributed by atoms with Crippen LogP contribution in [0.4, 0.5) is 5.69 Å². The van der Waals surface area contributed by atoms with Gasteiger partial charge in [-0.2, -0.15) is 0 Å². The number of para-hydroxylation sites is 1. The van der Waals surface area contributed by atoms with E-state index in [1.807, 2.05) is 18.2 Å². The van der Waals surface area contributed by atoms with Gasteiger partial charge in [0.05, 0.1) is 17.7 Å². The van der Waals surface area contributed by atoms with Crippen LogP contribution in [0.3, 0.4) is 0 Å². The van der Waals surface area contributed by atoms with Gasteiger partial charge in [-0.25, -0.2) is 4.98 Å². The number of nitrogens with zero attached hydrogens (tertiary/aromatic N) is 2. The molecule has 30 heavy (non-hydrogen) atoms. The van der Waals surface area contributed by atoms with E-state index < -0.39 is 6.10 Å². The second-order valence-electron chi connectivity index (χ2n) is 6.65. The van der Waals surface area contributed by atoms with E-state index in [2.05, 4.69) is 20.3 Å². The number of imidazole rings is 1. The summed E-state index contributed by atoms with van der Waals surface area (Å²) in [6.45, 7) is -0.427. The lowest BCUT2D eigenvalue weighted by Gasteiger charge is -2.11. The molecule has 1 atom stereocenters. The Hall–Kier alpha value is -3.75. The van der Waals surface area contributed by atoms with E-state index in [9.17, 15) is 9.90 Å². The average molecular weight is 404 g/mol. The van der Waals surface area contributed by atoms with Gasteiger partial charge in [0.1, 0.15) is 29.8 Å². The number of H-pyrrole nitrogens is 1. The predicted octanol–water partition coefficient (Wildman–Crippen LogP) is 2.61. The van der Waals surface area contributed by atoms with Crippen molar-refractivity contribution >= 4 is 22.6 Å². The minimum absolute atomic E-state index is 0.0434. The first kappa shape index (κ1) is 19.6. The number of carbonyl (C=O) groups excluding carboxylic acids is 1. The average Bonchev–Trinajstić information content (AvgIpc) is 3.22. The number of pyridine rings is 1. The predicted molar refractivity (Wildman–Crippen MR) is 112 cm³/mol. The first-order valence-corrected chi connectivity index (χ1v) is 9.36. The topological polar surface area (TPSA) is 120 Å². The minimum Gasteiger partial charge on any atom is -0.491 e. The monoisotopic (exact) mass is 404 g/mol. The molecule has 0 aliphatic rings. The number of aliphatic hydroxyl groups is 2. The molecule has 0 saturated carbocycles. The highest BCUT2D eigenvalue weighted by Gasteiger charge is 2.15. The summed E-state index contributed by atoms with van der Waals surface area (Å²) in [5.74, 6) is 0.824. The summed E-state index contributed by atoms with van der Waals surface area (Å²) in [5, 5.41) is 21.1. The van der Waals surface area contributed by atoms with E-state index in [1.165, 1.54) is 0 Å². The van der Waals surface area contributed by atoms with Crippen LogP contribution in [0.5, 0.6) is 5.75 Å². The van der Waals surface area contributed by atoms with Crippen LogP contribution in [-0.4, -0.2) is 50.4 Å². The number of aromatic nitrogens is 3. The number of hydrogen-bond donors (Lipinski definition) is 4. The van der Waals surface area contributed by atoms with Crippen molar-refractivity contribution in [1.82, 2.24) is 15.0 Å². The highest BCUT2D eigenvalue weighted by Crippen LogP contribution is 2.24. The van der Waals surface area contributed by atoms with Crippen LogP contribution in [0.1, 0.15) is 10.4 Å². The molecule has 8 nitrogen and oxygen atoms in total. The largest absolute Gasteiger partial charge is 0.491 e. The molecule has 0 spiro atoms. The number of aromatic amines is 1. The number of ether oxygens (including phenoxy) is 1. The van der Waals surface area contributed by atoms with Gasteiger partial charge < -0.3 is 25.3 Å². The van der Waals surface area contributed by atoms with E-state index in [-0.39, 0.29) is 19.1 Å². The Morgan fingerprint density at radius 2 is 1.93 bits per heavy atom. The van der Waals surface area contributed by atoms with Gasteiger partial charge in [0.2, 0.25) is 0 Å². The highest BCUT2D eigenvalue weighted by molar-refractivity contribution is 6.11. The Balaban J connectivity index is 1.56. The summed E-state index contributed by atoms with van der Waals surface area (Å²) in [7, 11) is 0. The quantitative estimate of drug-likeness (QED) is 0.376. The van der Waals surface area contributed by atoms with Gasteiger partial charge in [-0.3, -0.25) is 9.78 Å². The lowest BCUT2D eigenvalue weighted by molar-refractivity contribution is 0.0536. The fraction of sp³-hybridized carbons (Fsp3) is 0.136. The van der Waals surface area contributed by atoms with Crippen molar-refractivity contribution in [2.24, 2.45) is 0 Å². The molecule has 2 aromatic heterocycles. The van der Waals surface area contributed by atoms with Crippen molar-refractivity contribution in [3.05, 3.63) is 72.6 Å². The molecule has 0 fully saturated rings. The lowest BCUT2D eigenvalue weighted by atomic mass is 10.1. The number of rotatable bonds is 7. The molecule has 4 aromatic rings.